The number of pyridine rings is 1. The molecule has 0 unspecified atom stereocenters. The summed E-state index contributed by atoms with van der Waals surface area (Å²) in [5, 5.41) is 21.0. The highest BCUT2D eigenvalue weighted by atomic mass is 16.4. The van der Waals surface area contributed by atoms with Gasteiger partial charge in [0.2, 0.25) is 0 Å². The van der Waals surface area contributed by atoms with Gasteiger partial charge in [0.1, 0.15) is 6.07 Å². The van der Waals surface area contributed by atoms with E-state index in [-0.39, 0.29) is 6.42 Å². The number of carbonyl (C=O) groups is 1. The molecule has 1 aromatic carbocycles. The van der Waals surface area contributed by atoms with Crippen LogP contribution in [0.1, 0.15) is 16.8 Å². The number of carboxylic acid groups (broad SMARTS) is 1. The summed E-state index contributed by atoms with van der Waals surface area (Å²) in [5.41, 5.74) is 2.61. The Kier molecular flexibility index (Phi) is 4.30. The van der Waals surface area contributed by atoms with Crippen LogP contribution in [0.25, 0.3) is 0 Å². The normalized spacial score (nSPS) is 9.75. The van der Waals surface area contributed by atoms with Crippen molar-refractivity contribution in [2.24, 2.45) is 0 Å². The zero-order valence-corrected chi connectivity index (χ0v) is 10.7. The predicted molar refractivity (Wildman–Crippen MR) is 74.1 cm³/mol. The number of aliphatic carboxylic acids is 1. The van der Waals surface area contributed by atoms with Crippen LogP contribution in [0.5, 0.6) is 0 Å². The molecule has 0 bridgehead atoms. The average Bonchev–Trinajstić information content (AvgIpc) is 2.46. The van der Waals surface area contributed by atoms with Crippen molar-refractivity contribution in [3.8, 4) is 6.07 Å². The fourth-order valence-electron chi connectivity index (χ4n) is 1.89. The number of nitrogens with zero attached hydrogens (tertiary/aromatic N) is 2. The quantitative estimate of drug-likeness (QED) is 0.867. The fraction of sp³-hybridized carbons (Fsp3) is 0.133. The van der Waals surface area contributed by atoms with Crippen molar-refractivity contribution in [3.05, 3.63) is 59.4 Å². The molecule has 1 heterocycles. The molecule has 0 atom stereocenters. The molecule has 2 rings (SSSR count). The van der Waals surface area contributed by atoms with Crippen LogP contribution in [0.3, 0.4) is 0 Å². The molecule has 1 aromatic heterocycles. The van der Waals surface area contributed by atoms with Gasteiger partial charge in [-0.25, -0.2) is 4.98 Å². The molecule has 0 aliphatic carbocycles. The molecule has 0 amide bonds. The first-order chi connectivity index (χ1) is 9.70. The highest BCUT2D eigenvalue weighted by Crippen LogP contribution is 2.15. The molecule has 5 heteroatoms. The molecule has 0 fully saturated rings. The highest BCUT2D eigenvalue weighted by Gasteiger charge is 2.07. The average molecular weight is 267 g/mol. The van der Waals surface area contributed by atoms with Gasteiger partial charge < -0.3 is 10.4 Å². The Bertz CT molecular complexity index is 662. The Balaban J connectivity index is 2.15. The van der Waals surface area contributed by atoms with Crippen LogP contribution < -0.4 is 5.32 Å². The van der Waals surface area contributed by atoms with Crippen LogP contribution in [-0.4, -0.2) is 16.1 Å². The monoisotopic (exact) mass is 267 g/mol. The largest absolute Gasteiger partial charge is 0.481 e. The lowest BCUT2D eigenvalue weighted by Crippen LogP contribution is -2.08. The van der Waals surface area contributed by atoms with Gasteiger partial charge in [-0.15, -0.1) is 0 Å². The molecule has 0 aliphatic rings. The molecule has 20 heavy (non-hydrogen) atoms. The summed E-state index contributed by atoms with van der Waals surface area (Å²) in [5.74, 6) is -0.864. The van der Waals surface area contributed by atoms with Crippen molar-refractivity contribution in [1.82, 2.24) is 4.98 Å². The third-order valence-corrected chi connectivity index (χ3v) is 2.84. The number of rotatable bonds is 5. The maximum absolute atomic E-state index is 10.8. The topological polar surface area (TPSA) is 86.0 Å². The maximum Gasteiger partial charge on any atom is 0.307 e. The van der Waals surface area contributed by atoms with Crippen molar-refractivity contribution in [2.45, 2.75) is 13.0 Å². The number of hydrogen-bond acceptors (Lipinski definition) is 4. The van der Waals surface area contributed by atoms with E-state index in [0.717, 1.165) is 11.1 Å². The Hall–Kier alpha value is -2.87. The van der Waals surface area contributed by atoms with Gasteiger partial charge >= 0.3 is 5.97 Å². The summed E-state index contributed by atoms with van der Waals surface area (Å²) in [6, 6.07) is 12.9. The SMILES string of the molecule is N#Cc1ncccc1NCc1ccccc1CC(=O)O. The van der Waals surface area contributed by atoms with E-state index in [4.69, 9.17) is 10.4 Å². The van der Waals surface area contributed by atoms with E-state index in [0.29, 0.717) is 17.9 Å². The number of hydrogen-bond donors (Lipinski definition) is 2. The lowest BCUT2D eigenvalue weighted by Gasteiger charge is -2.10. The van der Waals surface area contributed by atoms with E-state index < -0.39 is 5.97 Å². The van der Waals surface area contributed by atoms with Gasteiger partial charge in [-0.2, -0.15) is 5.26 Å². The van der Waals surface area contributed by atoms with E-state index in [1.54, 1.807) is 24.4 Å². The number of benzene rings is 1. The first-order valence-corrected chi connectivity index (χ1v) is 6.08. The van der Waals surface area contributed by atoms with Crippen molar-refractivity contribution < 1.29 is 9.90 Å². The minimum atomic E-state index is -0.864. The molecule has 0 aliphatic heterocycles. The van der Waals surface area contributed by atoms with Gasteiger partial charge in [-0.05, 0) is 23.3 Å². The highest BCUT2D eigenvalue weighted by molar-refractivity contribution is 5.70. The number of carboxylic acids is 1. The van der Waals surface area contributed by atoms with Gasteiger partial charge in [-0.1, -0.05) is 24.3 Å². The lowest BCUT2D eigenvalue weighted by molar-refractivity contribution is -0.136. The Labute approximate surface area is 116 Å². The Morgan fingerprint density at radius 3 is 2.70 bits per heavy atom. The van der Waals surface area contributed by atoms with Crippen molar-refractivity contribution in [3.63, 3.8) is 0 Å². The van der Waals surface area contributed by atoms with E-state index in [1.807, 2.05) is 24.3 Å². The van der Waals surface area contributed by atoms with Gasteiger partial charge in [-0.3, -0.25) is 4.79 Å². The van der Waals surface area contributed by atoms with E-state index in [9.17, 15) is 4.79 Å². The van der Waals surface area contributed by atoms with Gasteiger partial charge in [0, 0.05) is 12.7 Å². The van der Waals surface area contributed by atoms with Gasteiger partial charge in [0.25, 0.3) is 0 Å². The molecule has 0 saturated carbocycles. The molecular weight excluding hydrogens is 254 g/mol. The van der Waals surface area contributed by atoms with Crippen molar-refractivity contribution in [2.75, 3.05) is 5.32 Å². The fourth-order valence-corrected chi connectivity index (χ4v) is 1.89. The van der Waals surface area contributed by atoms with Crippen LogP contribution >= 0.6 is 0 Å². The second-order valence-electron chi connectivity index (χ2n) is 4.20. The Morgan fingerprint density at radius 1 is 1.25 bits per heavy atom. The van der Waals surface area contributed by atoms with Crippen LogP contribution in [0, 0.1) is 11.3 Å². The molecule has 5 nitrogen and oxygen atoms in total. The molecule has 0 saturated heterocycles. The molecule has 100 valence electrons. The van der Waals surface area contributed by atoms with E-state index in [2.05, 4.69) is 10.3 Å². The minimum absolute atomic E-state index is 0.0179. The third kappa shape index (κ3) is 3.33. The standard InChI is InChI=1S/C15H13N3O2/c16-9-14-13(6-3-7-17-14)18-10-12-5-2-1-4-11(12)8-15(19)20/h1-7,18H,8,10H2,(H,19,20). The predicted octanol–water partition coefficient (Wildman–Crippen LogP) is 2.19. The molecule has 0 spiro atoms. The number of nitriles is 1. The van der Waals surface area contributed by atoms with Gasteiger partial charge in [0.05, 0.1) is 12.1 Å². The molecule has 2 N–H and O–H groups in total. The van der Waals surface area contributed by atoms with E-state index in [1.165, 1.54) is 0 Å². The van der Waals surface area contributed by atoms with Crippen LogP contribution in [-0.2, 0) is 17.8 Å². The summed E-state index contributed by atoms with van der Waals surface area (Å²) in [6.45, 7) is 0.448. The van der Waals surface area contributed by atoms with Crippen LogP contribution in [0.2, 0.25) is 0 Å². The maximum atomic E-state index is 10.8. The second kappa shape index (κ2) is 6.34. The van der Waals surface area contributed by atoms with Crippen molar-refractivity contribution >= 4 is 11.7 Å². The molecule has 2 aromatic rings. The minimum Gasteiger partial charge on any atom is -0.481 e. The van der Waals surface area contributed by atoms with Crippen molar-refractivity contribution in [1.29, 1.82) is 5.26 Å². The van der Waals surface area contributed by atoms with Crippen LogP contribution in [0.4, 0.5) is 5.69 Å². The third-order valence-electron chi connectivity index (χ3n) is 2.84. The summed E-state index contributed by atoms with van der Waals surface area (Å²) >= 11 is 0. The molecule has 0 radical (unpaired) electrons. The lowest BCUT2D eigenvalue weighted by atomic mass is 10.0. The first-order valence-electron chi connectivity index (χ1n) is 6.08. The number of nitrogens with one attached hydrogen (secondary N) is 1. The summed E-state index contributed by atoms with van der Waals surface area (Å²) < 4.78 is 0. The van der Waals surface area contributed by atoms with Gasteiger partial charge in [0.15, 0.2) is 5.69 Å². The smallest absolute Gasteiger partial charge is 0.307 e. The summed E-state index contributed by atoms with van der Waals surface area (Å²) in [7, 11) is 0. The number of aromatic nitrogens is 1. The zero-order valence-electron chi connectivity index (χ0n) is 10.7. The van der Waals surface area contributed by atoms with E-state index >= 15 is 0 Å². The Morgan fingerprint density at radius 2 is 2.00 bits per heavy atom. The first kappa shape index (κ1) is 13.6. The summed E-state index contributed by atoms with van der Waals surface area (Å²) in [6.07, 6.45) is 1.54. The zero-order chi connectivity index (χ0) is 14.4. The number of anilines is 1. The second-order valence-corrected chi connectivity index (χ2v) is 4.20. The molecular formula is C15H13N3O2. The summed E-state index contributed by atoms with van der Waals surface area (Å²) in [4.78, 5) is 14.8. The van der Waals surface area contributed by atoms with Crippen LogP contribution in [0.15, 0.2) is 42.6 Å².